The summed E-state index contributed by atoms with van der Waals surface area (Å²) in [5.41, 5.74) is 0.953. The Bertz CT molecular complexity index is 697. The van der Waals surface area contributed by atoms with E-state index in [4.69, 9.17) is 28.3 Å². The third-order valence-corrected chi connectivity index (χ3v) is 4.41. The van der Waals surface area contributed by atoms with Crippen molar-refractivity contribution >= 4 is 51.4 Å². The van der Waals surface area contributed by atoms with E-state index in [1.54, 1.807) is 19.1 Å². The van der Waals surface area contributed by atoms with Crippen LogP contribution >= 0.6 is 34.5 Å². The number of carbonyl (C=O) groups excluding carboxylic acids is 1. The normalized spacial score (nSPS) is 10.3. The zero-order valence-electron chi connectivity index (χ0n) is 10.2. The fourth-order valence-electron chi connectivity index (χ4n) is 1.58. The first kappa shape index (κ1) is 14.8. The highest BCUT2D eigenvalue weighted by molar-refractivity contribution is 7.18. The number of amides is 1. The molecule has 0 fully saturated rings. The van der Waals surface area contributed by atoms with Gasteiger partial charge in [0.2, 0.25) is 0 Å². The molecule has 0 aliphatic carbocycles. The Morgan fingerprint density at radius 1 is 1.20 bits per heavy atom. The van der Waals surface area contributed by atoms with Gasteiger partial charge in [0.1, 0.15) is 4.88 Å². The van der Waals surface area contributed by atoms with Gasteiger partial charge in [-0.1, -0.05) is 23.2 Å². The van der Waals surface area contributed by atoms with E-state index in [0.29, 0.717) is 21.2 Å². The second-order valence-electron chi connectivity index (χ2n) is 4.01. The van der Waals surface area contributed by atoms with Gasteiger partial charge in [-0.15, -0.1) is 11.3 Å². The first-order chi connectivity index (χ1) is 9.38. The maximum absolute atomic E-state index is 12.0. The average molecular weight is 330 g/mol. The molecule has 1 aromatic heterocycles. The van der Waals surface area contributed by atoms with Crippen molar-refractivity contribution in [3.05, 3.63) is 50.3 Å². The number of halogens is 2. The number of benzene rings is 1. The average Bonchev–Trinajstić information content (AvgIpc) is 2.73. The Balaban J connectivity index is 2.21. The molecule has 0 unspecified atom stereocenters. The molecule has 1 aromatic carbocycles. The highest BCUT2D eigenvalue weighted by Gasteiger charge is 2.15. The van der Waals surface area contributed by atoms with E-state index in [0.717, 1.165) is 11.3 Å². The van der Waals surface area contributed by atoms with Gasteiger partial charge in [0.05, 0.1) is 15.0 Å². The maximum atomic E-state index is 12.0. The number of carboxylic acid groups (broad SMARTS) is 1. The first-order valence-corrected chi connectivity index (χ1v) is 7.06. The number of aromatic carboxylic acids is 1. The Morgan fingerprint density at radius 2 is 1.90 bits per heavy atom. The minimum Gasteiger partial charge on any atom is -0.477 e. The lowest BCUT2D eigenvalue weighted by molar-refractivity contribution is 0.0701. The van der Waals surface area contributed by atoms with Gasteiger partial charge in [-0.25, -0.2) is 4.79 Å². The highest BCUT2D eigenvalue weighted by atomic mass is 35.5. The predicted octanol–water partition coefficient (Wildman–Crippen LogP) is 4.31. The zero-order valence-corrected chi connectivity index (χ0v) is 12.6. The molecule has 0 bridgehead atoms. The Labute approximate surface area is 128 Å². The number of nitrogens with one attached hydrogen (secondary N) is 1. The molecule has 2 rings (SSSR count). The van der Waals surface area contributed by atoms with Gasteiger partial charge >= 0.3 is 5.97 Å². The summed E-state index contributed by atoms with van der Waals surface area (Å²) in [5.74, 6) is -1.38. The third-order valence-electron chi connectivity index (χ3n) is 2.53. The van der Waals surface area contributed by atoms with Crippen molar-refractivity contribution in [2.45, 2.75) is 6.92 Å². The fraction of sp³-hybridized carbons (Fsp3) is 0.0769. The molecule has 0 radical (unpaired) electrons. The molecule has 1 heterocycles. The molecule has 104 valence electrons. The van der Waals surface area contributed by atoms with Crippen LogP contribution in [0, 0.1) is 6.92 Å². The van der Waals surface area contributed by atoms with Crippen LogP contribution in [-0.4, -0.2) is 17.0 Å². The van der Waals surface area contributed by atoms with Gasteiger partial charge in [-0.05, 0) is 36.8 Å². The number of carboxylic acids is 1. The Kier molecular flexibility index (Phi) is 4.32. The van der Waals surface area contributed by atoms with Crippen LogP contribution in [0.4, 0.5) is 5.00 Å². The molecule has 0 atom stereocenters. The molecule has 2 aromatic rings. The number of rotatable bonds is 3. The summed E-state index contributed by atoms with van der Waals surface area (Å²) in [5, 5.41) is 12.7. The van der Waals surface area contributed by atoms with Gasteiger partial charge in [0.25, 0.3) is 5.91 Å². The van der Waals surface area contributed by atoms with Crippen molar-refractivity contribution in [1.29, 1.82) is 0 Å². The molecular formula is C13H9Cl2NO3S. The van der Waals surface area contributed by atoms with Crippen LogP contribution in [0.25, 0.3) is 0 Å². The van der Waals surface area contributed by atoms with Gasteiger partial charge in [-0.3, -0.25) is 4.79 Å². The van der Waals surface area contributed by atoms with E-state index in [1.165, 1.54) is 12.1 Å². The lowest BCUT2D eigenvalue weighted by Gasteiger charge is -2.03. The van der Waals surface area contributed by atoms with Crippen LogP contribution in [0.15, 0.2) is 24.3 Å². The summed E-state index contributed by atoms with van der Waals surface area (Å²) in [7, 11) is 0. The Hall–Kier alpha value is -1.56. The van der Waals surface area contributed by atoms with E-state index < -0.39 is 5.97 Å². The predicted molar refractivity (Wildman–Crippen MR) is 80.4 cm³/mol. The standard InChI is InChI=1S/C13H9Cl2NO3S/c1-6-4-10(20-11(6)13(18)19)16-12(17)7-2-3-8(14)9(15)5-7/h2-5H,1H3,(H,16,17)(H,18,19). The van der Waals surface area contributed by atoms with Crippen molar-refractivity contribution in [1.82, 2.24) is 0 Å². The van der Waals surface area contributed by atoms with Gasteiger partial charge < -0.3 is 10.4 Å². The van der Waals surface area contributed by atoms with Crippen molar-refractivity contribution in [2.75, 3.05) is 5.32 Å². The first-order valence-electron chi connectivity index (χ1n) is 5.48. The highest BCUT2D eigenvalue weighted by Crippen LogP contribution is 2.28. The van der Waals surface area contributed by atoms with E-state index in [-0.39, 0.29) is 15.8 Å². The van der Waals surface area contributed by atoms with Gasteiger partial charge in [-0.2, -0.15) is 0 Å². The van der Waals surface area contributed by atoms with E-state index in [1.807, 2.05) is 0 Å². The van der Waals surface area contributed by atoms with Crippen LogP contribution in [0.5, 0.6) is 0 Å². The summed E-state index contributed by atoms with van der Waals surface area (Å²) in [6.45, 7) is 1.68. The fourth-order valence-corrected chi connectivity index (χ4v) is 2.78. The molecule has 1 amide bonds. The second-order valence-corrected chi connectivity index (χ2v) is 5.88. The van der Waals surface area contributed by atoms with Gasteiger partial charge in [0.15, 0.2) is 0 Å². The van der Waals surface area contributed by atoms with E-state index in [9.17, 15) is 9.59 Å². The minimum atomic E-state index is -1.01. The Morgan fingerprint density at radius 3 is 2.45 bits per heavy atom. The number of thiophene rings is 1. The molecule has 20 heavy (non-hydrogen) atoms. The number of anilines is 1. The molecule has 0 spiro atoms. The summed E-state index contributed by atoms with van der Waals surface area (Å²) in [4.78, 5) is 23.2. The summed E-state index contributed by atoms with van der Waals surface area (Å²) >= 11 is 12.6. The second kappa shape index (κ2) is 5.83. The largest absolute Gasteiger partial charge is 0.477 e. The third kappa shape index (κ3) is 3.12. The summed E-state index contributed by atoms with van der Waals surface area (Å²) in [6, 6.07) is 6.14. The topological polar surface area (TPSA) is 66.4 Å². The minimum absolute atomic E-state index is 0.203. The summed E-state index contributed by atoms with van der Waals surface area (Å²) < 4.78 is 0. The number of hydrogen-bond donors (Lipinski definition) is 2. The van der Waals surface area contributed by atoms with Crippen LogP contribution in [0.2, 0.25) is 10.0 Å². The van der Waals surface area contributed by atoms with E-state index >= 15 is 0 Å². The number of hydrogen-bond acceptors (Lipinski definition) is 3. The smallest absolute Gasteiger partial charge is 0.346 e. The molecule has 0 saturated heterocycles. The number of aryl methyl sites for hydroxylation is 1. The number of carbonyl (C=O) groups is 2. The molecule has 0 aliphatic heterocycles. The molecule has 0 saturated carbocycles. The van der Waals surface area contributed by atoms with Crippen molar-refractivity contribution < 1.29 is 14.7 Å². The van der Waals surface area contributed by atoms with Crippen molar-refractivity contribution in [2.24, 2.45) is 0 Å². The SMILES string of the molecule is Cc1cc(NC(=O)c2ccc(Cl)c(Cl)c2)sc1C(=O)O. The molecule has 4 nitrogen and oxygen atoms in total. The van der Waals surface area contributed by atoms with E-state index in [2.05, 4.69) is 5.32 Å². The molecule has 2 N–H and O–H groups in total. The quantitative estimate of drug-likeness (QED) is 0.881. The van der Waals surface area contributed by atoms with Crippen molar-refractivity contribution in [3.63, 3.8) is 0 Å². The van der Waals surface area contributed by atoms with Crippen molar-refractivity contribution in [3.8, 4) is 0 Å². The molecule has 7 heteroatoms. The van der Waals surface area contributed by atoms with Crippen LogP contribution in [0.3, 0.4) is 0 Å². The zero-order chi connectivity index (χ0) is 14.9. The lowest BCUT2D eigenvalue weighted by Crippen LogP contribution is -2.10. The molecule has 0 aliphatic rings. The lowest BCUT2D eigenvalue weighted by atomic mass is 10.2. The molecular weight excluding hydrogens is 321 g/mol. The monoisotopic (exact) mass is 329 g/mol. The van der Waals surface area contributed by atoms with Crippen LogP contribution in [-0.2, 0) is 0 Å². The van der Waals surface area contributed by atoms with Crippen LogP contribution < -0.4 is 5.32 Å². The summed E-state index contributed by atoms with van der Waals surface area (Å²) in [6.07, 6.45) is 0. The van der Waals surface area contributed by atoms with Crippen LogP contribution in [0.1, 0.15) is 25.6 Å². The van der Waals surface area contributed by atoms with Gasteiger partial charge in [0, 0.05) is 5.56 Å². The maximum Gasteiger partial charge on any atom is 0.346 e.